The Morgan fingerprint density at radius 2 is 2.28 bits per heavy atom. The van der Waals surface area contributed by atoms with Crippen LogP contribution in [0.2, 0.25) is 0 Å². The van der Waals surface area contributed by atoms with Gasteiger partial charge in [-0.3, -0.25) is 4.79 Å². The third-order valence-corrected chi connectivity index (χ3v) is 3.05. The van der Waals surface area contributed by atoms with Crippen molar-refractivity contribution in [2.45, 2.75) is 32.6 Å². The van der Waals surface area contributed by atoms with Crippen LogP contribution < -0.4 is 5.32 Å². The second-order valence-corrected chi connectivity index (χ2v) is 4.81. The molecule has 0 unspecified atom stereocenters. The summed E-state index contributed by atoms with van der Waals surface area (Å²) in [7, 11) is 0. The fourth-order valence-electron chi connectivity index (χ4n) is 1.29. The van der Waals surface area contributed by atoms with E-state index in [1.807, 2.05) is 0 Å². The molecule has 0 atom stereocenters. The molecule has 0 saturated heterocycles. The number of rotatable bonds is 7. The number of hydrogen-bond acceptors (Lipinski definition) is 4. The first-order valence-corrected chi connectivity index (χ1v) is 6.60. The highest BCUT2D eigenvalue weighted by atomic mass is 32.1. The number of aliphatic carboxylic acids is 1. The molecule has 18 heavy (non-hydrogen) atoms. The quantitative estimate of drug-likeness (QED) is 0.588. The third kappa shape index (κ3) is 5.58. The fraction of sp³-hybridized carbons (Fsp3) is 0.417. The highest BCUT2D eigenvalue weighted by Gasteiger charge is 2.05. The van der Waals surface area contributed by atoms with E-state index in [1.165, 1.54) is 23.6 Å². The second kappa shape index (κ2) is 7.60. The maximum atomic E-state index is 11.5. The number of carboxylic acids is 1. The van der Waals surface area contributed by atoms with Crippen LogP contribution in [0.15, 0.2) is 12.3 Å². The standard InChI is InChI=1S/C12H16N2O3S/c1-2-3-4-5-10(15)14-12-13-8-9(18-12)6-7-11(16)17/h6-8H,2-5H2,1H3,(H,16,17)(H,13,14,15). The number of amides is 1. The molecular weight excluding hydrogens is 252 g/mol. The molecule has 2 N–H and O–H groups in total. The Morgan fingerprint density at radius 3 is 2.94 bits per heavy atom. The van der Waals surface area contributed by atoms with Crippen LogP contribution >= 0.6 is 11.3 Å². The number of carbonyl (C=O) groups is 2. The summed E-state index contributed by atoms with van der Waals surface area (Å²) in [5, 5.41) is 11.7. The summed E-state index contributed by atoms with van der Waals surface area (Å²) >= 11 is 1.25. The summed E-state index contributed by atoms with van der Waals surface area (Å²) in [6.45, 7) is 2.08. The minimum Gasteiger partial charge on any atom is -0.478 e. The van der Waals surface area contributed by atoms with Gasteiger partial charge in [0, 0.05) is 23.6 Å². The number of nitrogens with zero attached hydrogens (tertiary/aromatic N) is 1. The molecule has 1 rings (SSSR count). The average molecular weight is 268 g/mol. The zero-order chi connectivity index (χ0) is 13.4. The Balaban J connectivity index is 2.43. The van der Waals surface area contributed by atoms with Crippen LogP contribution in [0, 0.1) is 0 Å². The molecule has 0 aliphatic rings. The van der Waals surface area contributed by atoms with Crippen LogP contribution in [0.1, 0.15) is 37.5 Å². The van der Waals surface area contributed by atoms with E-state index in [0.29, 0.717) is 16.4 Å². The van der Waals surface area contributed by atoms with Crippen molar-refractivity contribution in [1.82, 2.24) is 4.98 Å². The lowest BCUT2D eigenvalue weighted by atomic mass is 10.2. The Morgan fingerprint density at radius 1 is 1.50 bits per heavy atom. The van der Waals surface area contributed by atoms with Gasteiger partial charge in [0.25, 0.3) is 0 Å². The van der Waals surface area contributed by atoms with Crippen LogP contribution in [0.5, 0.6) is 0 Å². The molecule has 0 aromatic carbocycles. The van der Waals surface area contributed by atoms with Crippen molar-refractivity contribution in [3.63, 3.8) is 0 Å². The van der Waals surface area contributed by atoms with E-state index in [0.717, 1.165) is 25.3 Å². The number of aromatic nitrogens is 1. The molecule has 98 valence electrons. The number of nitrogens with one attached hydrogen (secondary N) is 1. The van der Waals surface area contributed by atoms with E-state index in [9.17, 15) is 9.59 Å². The predicted octanol–water partition coefficient (Wildman–Crippen LogP) is 2.76. The smallest absolute Gasteiger partial charge is 0.328 e. The van der Waals surface area contributed by atoms with E-state index >= 15 is 0 Å². The van der Waals surface area contributed by atoms with Crippen molar-refractivity contribution in [1.29, 1.82) is 0 Å². The molecule has 0 fully saturated rings. The van der Waals surface area contributed by atoms with Gasteiger partial charge < -0.3 is 10.4 Å². The van der Waals surface area contributed by atoms with Gasteiger partial charge in [-0.15, -0.1) is 0 Å². The van der Waals surface area contributed by atoms with Crippen LogP contribution in [0.4, 0.5) is 5.13 Å². The van der Waals surface area contributed by atoms with E-state index in [-0.39, 0.29) is 5.91 Å². The van der Waals surface area contributed by atoms with Crippen molar-refractivity contribution in [3.05, 3.63) is 17.2 Å². The van der Waals surface area contributed by atoms with Crippen molar-refractivity contribution in [2.75, 3.05) is 5.32 Å². The number of unbranched alkanes of at least 4 members (excludes halogenated alkanes) is 2. The average Bonchev–Trinajstić information content (AvgIpc) is 2.74. The van der Waals surface area contributed by atoms with Gasteiger partial charge in [0.1, 0.15) is 0 Å². The molecule has 5 nitrogen and oxygen atoms in total. The van der Waals surface area contributed by atoms with Crippen molar-refractivity contribution < 1.29 is 14.7 Å². The lowest BCUT2D eigenvalue weighted by Gasteiger charge is -1.99. The minimum absolute atomic E-state index is 0.0495. The lowest BCUT2D eigenvalue weighted by Crippen LogP contribution is -2.10. The summed E-state index contributed by atoms with van der Waals surface area (Å²) in [4.78, 5) is 26.5. The maximum absolute atomic E-state index is 11.5. The molecular formula is C12H16N2O3S. The molecule has 6 heteroatoms. The van der Waals surface area contributed by atoms with Gasteiger partial charge in [0.05, 0.1) is 0 Å². The van der Waals surface area contributed by atoms with Crippen molar-refractivity contribution in [3.8, 4) is 0 Å². The van der Waals surface area contributed by atoms with Crippen LogP contribution in [0.3, 0.4) is 0 Å². The third-order valence-electron chi connectivity index (χ3n) is 2.17. The molecule has 1 heterocycles. The predicted molar refractivity (Wildman–Crippen MR) is 71.6 cm³/mol. The number of anilines is 1. The molecule has 0 aliphatic carbocycles. The highest BCUT2D eigenvalue weighted by Crippen LogP contribution is 2.19. The zero-order valence-corrected chi connectivity index (χ0v) is 11.0. The topological polar surface area (TPSA) is 79.3 Å². The Bertz CT molecular complexity index is 440. The first-order valence-electron chi connectivity index (χ1n) is 5.78. The maximum Gasteiger partial charge on any atom is 0.328 e. The van der Waals surface area contributed by atoms with Gasteiger partial charge in [0.15, 0.2) is 5.13 Å². The summed E-state index contributed by atoms with van der Waals surface area (Å²) in [5.41, 5.74) is 0. The Kier molecular flexibility index (Phi) is 6.07. The van der Waals surface area contributed by atoms with Gasteiger partial charge in [-0.25, -0.2) is 9.78 Å². The van der Waals surface area contributed by atoms with Gasteiger partial charge in [-0.2, -0.15) is 0 Å². The molecule has 0 aliphatic heterocycles. The largest absolute Gasteiger partial charge is 0.478 e. The van der Waals surface area contributed by atoms with Crippen LogP contribution in [-0.4, -0.2) is 22.0 Å². The Hall–Kier alpha value is -1.69. The summed E-state index contributed by atoms with van der Waals surface area (Å²) in [6.07, 6.45) is 7.51. The molecule has 1 amide bonds. The molecule has 0 saturated carbocycles. The summed E-state index contributed by atoms with van der Waals surface area (Å²) in [5.74, 6) is -1.06. The van der Waals surface area contributed by atoms with E-state index < -0.39 is 5.97 Å². The SMILES string of the molecule is CCCCCC(=O)Nc1ncc(C=CC(=O)O)s1. The monoisotopic (exact) mass is 268 g/mol. The fourth-order valence-corrected chi connectivity index (χ4v) is 2.03. The normalized spacial score (nSPS) is 10.7. The molecule has 1 aromatic heterocycles. The number of carboxylic acid groups (broad SMARTS) is 1. The number of carbonyl (C=O) groups excluding carboxylic acids is 1. The molecule has 0 radical (unpaired) electrons. The number of hydrogen-bond donors (Lipinski definition) is 2. The van der Waals surface area contributed by atoms with Crippen LogP contribution in [0.25, 0.3) is 6.08 Å². The highest BCUT2D eigenvalue weighted by molar-refractivity contribution is 7.16. The second-order valence-electron chi connectivity index (χ2n) is 3.74. The van der Waals surface area contributed by atoms with E-state index in [4.69, 9.17) is 5.11 Å². The van der Waals surface area contributed by atoms with E-state index in [2.05, 4.69) is 17.2 Å². The van der Waals surface area contributed by atoms with E-state index in [1.54, 1.807) is 0 Å². The lowest BCUT2D eigenvalue weighted by molar-refractivity contribution is -0.131. The van der Waals surface area contributed by atoms with Crippen molar-refractivity contribution in [2.24, 2.45) is 0 Å². The molecule has 0 spiro atoms. The van der Waals surface area contributed by atoms with Gasteiger partial charge in [-0.1, -0.05) is 31.1 Å². The van der Waals surface area contributed by atoms with Crippen molar-refractivity contribution >= 4 is 34.4 Å². The first kappa shape index (κ1) is 14.4. The van der Waals surface area contributed by atoms with Gasteiger partial charge >= 0.3 is 5.97 Å². The minimum atomic E-state index is -1.01. The zero-order valence-electron chi connectivity index (χ0n) is 10.2. The number of thiazole rings is 1. The first-order chi connectivity index (χ1) is 8.61. The molecule has 0 bridgehead atoms. The van der Waals surface area contributed by atoms with Gasteiger partial charge in [-0.05, 0) is 12.5 Å². The molecule has 1 aromatic rings. The van der Waals surface area contributed by atoms with Gasteiger partial charge in [0.2, 0.25) is 5.91 Å². The Labute approximate surface area is 110 Å². The summed E-state index contributed by atoms with van der Waals surface area (Å²) < 4.78 is 0. The van der Waals surface area contributed by atoms with Crippen LogP contribution in [-0.2, 0) is 9.59 Å². The summed E-state index contributed by atoms with van der Waals surface area (Å²) in [6, 6.07) is 0.